The number of nitrogens with zero attached hydrogens (tertiary/aromatic N) is 1. The second kappa shape index (κ2) is 8.04. The Bertz CT molecular complexity index is 169. The molecule has 16 heavy (non-hydrogen) atoms. The summed E-state index contributed by atoms with van der Waals surface area (Å²) >= 11 is 0. The summed E-state index contributed by atoms with van der Waals surface area (Å²) in [5.41, 5.74) is 5.57. The highest BCUT2D eigenvalue weighted by molar-refractivity contribution is 4.79. The van der Waals surface area contributed by atoms with Gasteiger partial charge in [0, 0.05) is 19.2 Å². The third kappa shape index (κ3) is 5.28. The van der Waals surface area contributed by atoms with Crippen LogP contribution in [0.4, 0.5) is 0 Å². The van der Waals surface area contributed by atoms with E-state index in [1.807, 2.05) is 0 Å². The highest BCUT2D eigenvalue weighted by Crippen LogP contribution is 2.24. The van der Waals surface area contributed by atoms with Crippen molar-refractivity contribution in [2.45, 2.75) is 45.6 Å². The first-order chi connectivity index (χ1) is 7.74. The minimum atomic E-state index is 0.640. The van der Waals surface area contributed by atoms with E-state index in [0.717, 1.165) is 45.3 Å². The molecule has 0 amide bonds. The topological polar surface area (TPSA) is 38.5 Å². The van der Waals surface area contributed by atoms with Crippen LogP contribution in [0.3, 0.4) is 0 Å². The highest BCUT2D eigenvalue weighted by Gasteiger charge is 2.23. The maximum atomic E-state index is 5.65. The fraction of sp³-hybridized carbons (Fsp3) is 1.00. The summed E-state index contributed by atoms with van der Waals surface area (Å²) < 4.78 is 5.65. The summed E-state index contributed by atoms with van der Waals surface area (Å²) in [5, 5.41) is 0. The normalized spacial score (nSPS) is 17.1. The summed E-state index contributed by atoms with van der Waals surface area (Å²) in [6, 6.07) is 0.814. The van der Waals surface area contributed by atoms with Crippen LogP contribution in [0, 0.1) is 5.92 Å². The molecule has 0 atom stereocenters. The molecule has 0 radical (unpaired) electrons. The van der Waals surface area contributed by atoms with Gasteiger partial charge in [0.15, 0.2) is 0 Å². The molecule has 0 aromatic carbocycles. The van der Waals surface area contributed by atoms with Crippen LogP contribution in [0.25, 0.3) is 0 Å². The van der Waals surface area contributed by atoms with E-state index in [9.17, 15) is 0 Å². The van der Waals surface area contributed by atoms with Gasteiger partial charge in [-0.25, -0.2) is 0 Å². The molecule has 1 aliphatic carbocycles. The van der Waals surface area contributed by atoms with Crippen LogP contribution in [0.5, 0.6) is 0 Å². The second-order valence-corrected chi connectivity index (χ2v) is 5.23. The van der Waals surface area contributed by atoms with Crippen molar-refractivity contribution in [3.8, 4) is 0 Å². The maximum absolute atomic E-state index is 5.65. The summed E-state index contributed by atoms with van der Waals surface area (Å²) in [7, 11) is 0. The van der Waals surface area contributed by atoms with Crippen LogP contribution < -0.4 is 5.73 Å². The first-order valence-corrected chi connectivity index (χ1v) is 6.76. The minimum Gasteiger partial charge on any atom is -0.380 e. The molecule has 0 unspecified atom stereocenters. The Morgan fingerprint density at radius 2 is 2.06 bits per heavy atom. The Hall–Kier alpha value is -0.120. The van der Waals surface area contributed by atoms with E-state index in [1.165, 1.54) is 19.3 Å². The van der Waals surface area contributed by atoms with Gasteiger partial charge in [0.1, 0.15) is 0 Å². The lowest BCUT2D eigenvalue weighted by Gasteiger charge is -2.37. The smallest absolute Gasteiger partial charge is 0.0593 e. The monoisotopic (exact) mass is 228 g/mol. The molecule has 0 aromatic heterocycles. The molecule has 1 rings (SSSR count). The molecule has 0 aromatic rings. The molecule has 0 heterocycles. The van der Waals surface area contributed by atoms with Gasteiger partial charge in [-0.1, -0.05) is 20.3 Å². The van der Waals surface area contributed by atoms with E-state index < -0.39 is 0 Å². The van der Waals surface area contributed by atoms with Gasteiger partial charge >= 0.3 is 0 Å². The molecule has 0 bridgehead atoms. The van der Waals surface area contributed by atoms with Crippen molar-refractivity contribution in [1.29, 1.82) is 0 Å². The Labute approximate surface area is 100 Å². The number of hydrogen-bond acceptors (Lipinski definition) is 3. The van der Waals surface area contributed by atoms with Crippen molar-refractivity contribution in [1.82, 2.24) is 4.90 Å². The predicted molar refractivity (Wildman–Crippen MR) is 68.5 cm³/mol. The Kier molecular flexibility index (Phi) is 7.01. The lowest BCUT2D eigenvalue weighted by Crippen LogP contribution is -2.43. The zero-order valence-electron chi connectivity index (χ0n) is 11.0. The largest absolute Gasteiger partial charge is 0.380 e. The fourth-order valence-corrected chi connectivity index (χ4v) is 2.02. The molecule has 0 saturated heterocycles. The van der Waals surface area contributed by atoms with E-state index in [4.69, 9.17) is 10.5 Å². The van der Waals surface area contributed by atoms with Crippen LogP contribution >= 0.6 is 0 Å². The van der Waals surface area contributed by atoms with E-state index in [1.54, 1.807) is 0 Å². The molecule has 0 aliphatic heterocycles. The maximum Gasteiger partial charge on any atom is 0.0593 e. The molecule has 0 spiro atoms. The van der Waals surface area contributed by atoms with E-state index in [-0.39, 0.29) is 0 Å². The summed E-state index contributed by atoms with van der Waals surface area (Å²) in [5.74, 6) is 0.640. The number of hydrogen-bond donors (Lipinski definition) is 1. The lowest BCUT2D eigenvalue weighted by molar-refractivity contribution is 0.0539. The average molecular weight is 228 g/mol. The van der Waals surface area contributed by atoms with Crippen LogP contribution in [-0.4, -0.2) is 43.8 Å². The lowest BCUT2D eigenvalue weighted by atomic mass is 9.91. The summed E-state index contributed by atoms with van der Waals surface area (Å²) in [6.07, 6.45) is 5.25. The molecule has 3 nitrogen and oxygen atoms in total. The van der Waals surface area contributed by atoms with E-state index in [2.05, 4.69) is 18.7 Å². The van der Waals surface area contributed by atoms with Crippen molar-refractivity contribution in [2.24, 2.45) is 11.7 Å². The Balaban J connectivity index is 2.11. The van der Waals surface area contributed by atoms with Crippen molar-refractivity contribution in [2.75, 3.05) is 32.8 Å². The molecular formula is C13H28N2O. The van der Waals surface area contributed by atoms with Gasteiger partial charge in [0.05, 0.1) is 6.61 Å². The second-order valence-electron chi connectivity index (χ2n) is 5.23. The molecule has 2 N–H and O–H groups in total. The van der Waals surface area contributed by atoms with E-state index in [0.29, 0.717) is 5.92 Å². The minimum absolute atomic E-state index is 0.640. The molecule has 1 saturated carbocycles. The molecule has 1 fully saturated rings. The first-order valence-electron chi connectivity index (χ1n) is 6.76. The van der Waals surface area contributed by atoms with Gasteiger partial charge in [-0.05, 0) is 38.3 Å². The van der Waals surface area contributed by atoms with Gasteiger partial charge in [-0.15, -0.1) is 0 Å². The quantitative estimate of drug-likeness (QED) is 0.612. The van der Waals surface area contributed by atoms with E-state index >= 15 is 0 Å². The van der Waals surface area contributed by atoms with Crippen LogP contribution in [0.2, 0.25) is 0 Å². The number of ether oxygens (including phenoxy) is 1. The average Bonchev–Trinajstić information content (AvgIpc) is 2.17. The Morgan fingerprint density at radius 3 is 2.56 bits per heavy atom. The van der Waals surface area contributed by atoms with Gasteiger partial charge in [-0.3, -0.25) is 4.90 Å². The van der Waals surface area contributed by atoms with Crippen molar-refractivity contribution < 1.29 is 4.74 Å². The van der Waals surface area contributed by atoms with Crippen LogP contribution in [-0.2, 0) is 4.74 Å². The molecule has 3 heteroatoms. The van der Waals surface area contributed by atoms with Crippen molar-refractivity contribution in [3.05, 3.63) is 0 Å². The zero-order valence-corrected chi connectivity index (χ0v) is 11.0. The zero-order chi connectivity index (χ0) is 11.8. The van der Waals surface area contributed by atoms with Crippen LogP contribution in [0.15, 0.2) is 0 Å². The third-order valence-corrected chi connectivity index (χ3v) is 3.21. The van der Waals surface area contributed by atoms with Gasteiger partial charge in [0.25, 0.3) is 0 Å². The third-order valence-electron chi connectivity index (χ3n) is 3.21. The summed E-state index contributed by atoms with van der Waals surface area (Å²) in [6.45, 7) is 9.17. The molecule has 1 aliphatic rings. The van der Waals surface area contributed by atoms with Gasteiger partial charge in [0.2, 0.25) is 0 Å². The van der Waals surface area contributed by atoms with Crippen molar-refractivity contribution >= 4 is 0 Å². The van der Waals surface area contributed by atoms with Crippen molar-refractivity contribution in [3.63, 3.8) is 0 Å². The van der Waals surface area contributed by atoms with Crippen LogP contribution in [0.1, 0.15) is 39.5 Å². The first kappa shape index (κ1) is 13.9. The number of nitrogens with two attached hydrogens (primary N) is 1. The van der Waals surface area contributed by atoms with Gasteiger partial charge < -0.3 is 10.5 Å². The molecule has 96 valence electrons. The molecular weight excluding hydrogens is 200 g/mol. The summed E-state index contributed by atoms with van der Waals surface area (Å²) in [4.78, 5) is 2.57. The fourth-order valence-electron chi connectivity index (χ4n) is 2.02. The van der Waals surface area contributed by atoms with Gasteiger partial charge in [-0.2, -0.15) is 0 Å². The standard InChI is InChI=1S/C13H28N2O/c1-12(2)11-16-10-9-15(8-4-7-14)13-5-3-6-13/h12-13H,3-11,14H2,1-2H3. The SMILES string of the molecule is CC(C)COCCN(CCCN)C1CCC1. The number of rotatable bonds is 9. The predicted octanol–water partition coefficient (Wildman–Crippen LogP) is 1.86. The highest BCUT2D eigenvalue weighted by atomic mass is 16.5. The Morgan fingerprint density at radius 1 is 1.31 bits per heavy atom.